The number of nitrogens with zero attached hydrogens (tertiary/aromatic N) is 3. The molecule has 0 aromatic heterocycles. The summed E-state index contributed by atoms with van der Waals surface area (Å²) in [6.07, 6.45) is 1.23. The second kappa shape index (κ2) is 10.9. The standard InChI is InChI=1S/C23H25BrN4O2/c24-21-8-6-20(7-9-21)23(30)26-11-10-22(29)28-13-1-12-27(14-15-28)17-19-4-2-18(16-25)3-5-19/h2-9H,1,10-15,17H2,(H,26,30). The van der Waals surface area contributed by atoms with E-state index in [9.17, 15) is 9.59 Å². The van der Waals surface area contributed by atoms with Gasteiger partial charge in [-0.15, -0.1) is 0 Å². The Morgan fingerprint density at radius 1 is 1.00 bits per heavy atom. The third-order valence-electron chi connectivity index (χ3n) is 5.16. The molecule has 7 heteroatoms. The summed E-state index contributed by atoms with van der Waals surface area (Å²) in [5, 5.41) is 11.7. The highest BCUT2D eigenvalue weighted by Gasteiger charge is 2.19. The molecule has 156 valence electrons. The summed E-state index contributed by atoms with van der Waals surface area (Å²) in [6, 6.07) is 16.9. The fourth-order valence-electron chi connectivity index (χ4n) is 3.47. The molecule has 1 heterocycles. The summed E-state index contributed by atoms with van der Waals surface area (Å²) in [7, 11) is 0. The molecule has 30 heavy (non-hydrogen) atoms. The highest BCUT2D eigenvalue weighted by atomic mass is 79.9. The third-order valence-corrected chi connectivity index (χ3v) is 5.69. The monoisotopic (exact) mass is 468 g/mol. The maximum atomic E-state index is 12.6. The molecule has 1 aliphatic heterocycles. The van der Waals surface area contributed by atoms with Crippen LogP contribution in [0.4, 0.5) is 0 Å². The lowest BCUT2D eigenvalue weighted by Crippen LogP contribution is -2.37. The van der Waals surface area contributed by atoms with Gasteiger partial charge in [0.2, 0.25) is 5.91 Å². The Hall–Kier alpha value is -2.69. The van der Waals surface area contributed by atoms with Gasteiger partial charge in [-0.1, -0.05) is 28.1 Å². The van der Waals surface area contributed by atoms with E-state index in [2.05, 4.69) is 32.2 Å². The Balaban J connectivity index is 1.41. The van der Waals surface area contributed by atoms with Crippen LogP contribution in [-0.4, -0.2) is 54.3 Å². The van der Waals surface area contributed by atoms with Gasteiger partial charge in [0.15, 0.2) is 0 Å². The van der Waals surface area contributed by atoms with Crippen molar-refractivity contribution in [2.24, 2.45) is 0 Å². The molecule has 0 unspecified atom stereocenters. The molecule has 3 rings (SSSR count). The highest BCUT2D eigenvalue weighted by molar-refractivity contribution is 9.10. The zero-order valence-corrected chi connectivity index (χ0v) is 18.4. The van der Waals surface area contributed by atoms with Crippen LogP contribution in [0.2, 0.25) is 0 Å². The van der Waals surface area contributed by atoms with Gasteiger partial charge < -0.3 is 10.2 Å². The number of hydrogen-bond acceptors (Lipinski definition) is 4. The van der Waals surface area contributed by atoms with Crippen LogP contribution in [0.1, 0.15) is 34.3 Å². The lowest BCUT2D eigenvalue weighted by atomic mass is 10.1. The number of carbonyl (C=O) groups excluding carboxylic acids is 2. The van der Waals surface area contributed by atoms with E-state index in [1.165, 1.54) is 5.56 Å². The number of rotatable bonds is 6. The average molecular weight is 469 g/mol. The first-order valence-electron chi connectivity index (χ1n) is 10.1. The van der Waals surface area contributed by atoms with Crippen molar-refractivity contribution in [3.63, 3.8) is 0 Å². The normalized spacial score (nSPS) is 14.6. The zero-order chi connectivity index (χ0) is 21.3. The first kappa shape index (κ1) is 22.0. The van der Waals surface area contributed by atoms with E-state index in [-0.39, 0.29) is 11.8 Å². The van der Waals surface area contributed by atoms with Gasteiger partial charge in [0, 0.05) is 55.7 Å². The van der Waals surface area contributed by atoms with Crippen LogP contribution in [0, 0.1) is 11.3 Å². The Labute approximate surface area is 185 Å². The van der Waals surface area contributed by atoms with Crippen molar-refractivity contribution in [1.29, 1.82) is 5.26 Å². The Bertz CT molecular complexity index is 906. The van der Waals surface area contributed by atoms with Gasteiger partial charge in [0.25, 0.3) is 5.91 Å². The van der Waals surface area contributed by atoms with Crippen LogP contribution in [0.3, 0.4) is 0 Å². The molecule has 1 fully saturated rings. The van der Waals surface area contributed by atoms with Crippen LogP contribution in [-0.2, 0) is 11.3 Å². The Morgan fingerprint density at radius 3 is 2.43 bits per heavy atom. The molecule has 0 atom stereocenters. The summed E-state index contributed by atoms with van der Waals surface area (Å²) in [4.78, 5) is 28.9. The smallest absolute Gasteiger partial charge is 0.251 e. The molecule has 0 aliphatic carbocycles. The van der Waals surface area contributed by atoms with Crippen molar-refractivity contribution in [1.82, 2.24) is 15.1 Å². The maximum absolute atomic E-state index is 12.6. The van der Waals surface area contributed by atoms with E-state index in [0.29, 0.717) is 30.6 Å². The minimum absolute atomic E-state index is 0.0753. The fraction of sp³-hybridized carbons (Fsp3) is 0.348. The van der Waals surface area contributed by atoms with Gasteiger partial charge in [0.1, 0.15) is 0 Å². The summed E-state index contributed by atoms with van der Waals surface area (Å²) in [5.74, 6) is -0.0916. The van der Waals surface area contributed by atoms with E-state index < -0.39 is 0 Å². The van der Waals surface area contributed by atoms with Gasteiger partial charge in [0.05, 0.1) is 11.6 Å². The first-order chi connectivity index (χ1) is 14.5. The Kier molecular flexibility index (Phi) is 8.00. The van der Waals surface area contributed by atoms with Crippen LogP contribution >= 0.6 is 15.9 Å². The highest BCUT2D eigenvalue weighted by Crippen LogP contribution is 2.12. The van der Waals surface area contributed by atoms with Crippen LogP contribution in [0.25, 0.3) is 0 Å². The van der Waals surface area contributed by atoms with Crippen molar-refractivity contribution in [2.75, 3.05) is 32.7 Å². The summed E-state index contributed by atoms with van der Waals surface area (Å²) in [6.45, 7) is 4.33. The van der Waals surface area contributed by atoms with Gasteiger partial charge >= 0.3 is 0 Å². The molecule has 1 N–H and O–H groups in total. The minimum Gasteiger partial charge on any atom is -0.352 e. The van der Waals surface area contributed by atoms with Crippen molar-refractivity contribution >= 4 is 27.7 Å². The lowest BCUT2D eigenvalue weighted by molar-refractivity contribution is -0.130. The molecule has 1 saturated heterocycles. The molecule has 0 bridgehead atoms. The summed E-state index contributed by atoms with van der Waals surface area (Å²) < 4.78 is 0.920. The van der Waals surface area contributed by atoms with Gasteiger partial charge in [-0.25, -0.2) is 0 Å². The first-order valence-corrected chi connectivity index (χ1v) is 10.9. The van der Waals surface area contributed by atoms with Crippen molar-refractivity contribution < 1.29 is 9.59 Å². The van der Waals surface area contributed by atoms with E-state index in [0.717, 1.165) is 37.1 Å². The molecule has 6 nitrogen and oxygen atoms in total. The molecule has 2 aromatic carbocycles. The topological polar surface area (TPSA) is 76.4 Å². The number of carbonyl (C=O) groups is 2. The predicted octanol–water partition coefficient (Wildman–Crippen LogP) is 3.18. The lowest BCUT2D eigenvalue weighted by Gasteiger charge is -2.22. The van der Waals surface area contributed by atoms with E-state index in [1.54, 1.807) is 12.1 Å². The third kappa shape index (κ3) is 6.41. The predicted molar refractivity (Wildman–Crippen MR) is 119 cm³/mol. The summed E-state index contributed by atoms with van der Waals surface area (Å²) >= 11 is 3.35. The minimum atomic E-state index is -0.167. The quantitative estimate of drug-likeness (QED) is 0.705. The second-order valence-corrected chi connectivity index (χ2v) is 8.25. The zero-order valence-electron chi connectivity index (χ0n) is 16.8. The molecule has 1 aliphatic rings. The Morgan fingerprint density at radius 2 is 1.73 bits per heavy atom. The number of benzene rings is 2. The number of nitriles is 1. The second-order valence-electron chi connectivity index (χ2n) is 7.33. The molecular formula is C23H25BrN4O2. The number of nitrogens with one attached hydrogen (secondary N) is 1. The van der Waals surface area contributed by atoms with Crippen molar-refractivity contribution in [3.05, 3.63) is 69.7 Å². The fourth-order valence-corrected chi connectivity index (χ4v) is 3.73. The average Bonchev–Trinajstić information content (AvgIpc) is 3.00. The van der Waals surface area contributed by atoms with E-state index in [1.807, 2.05) is 41.3 Å². The maximum Gasteiger partial charge on any atom is 0.251 e. The number of halogens is 1. The van der Waals surface area contributed by atoms with Crippen LogP contribution < -0.4 is 5.32 Å². The molecule has 0 radical (unpaired) electrons. The largest absolute Gasteiger partial charge is 0.352 e. The molecular weight excluding hydrogens is 444 g/mol. The van der Waals surface area contributed by atoms with Crippen molar-refractivity contribution in [3.8, 4) is 6.07 Å². The molecule has 2 amide bonds. The van der Waals surface area contributed by atoms with Crippen LogP contribution in [0.15, 0.2) is 53.0 Å². The van der Waals surface area contributed by atoms with Crippen LogP contribution in [0.5, 0.6) is 0 Å². The van der Waals surface area contributed by atoms with Gasteiger partial charge in [-0.05, 0) is 48.4 Å². The number of amides is 2. The number of hydrogen-bond donors (Lipinski definition) is 1. The molecule has 2 aromatic rings. The van der Waals surface area contributed by atoms with Gasteiger partial charge in [-0.3, -0.25) is 14.5 Å². The molecule has 0 spiro atoms. The molecule has 0 saturated carbocycles. The van der Waals surface area contributed by atoms with Gasteiger partial charge in [-0.2, -0.15) is 5.26 Å². The van der Waals surface area contributed by atoms with Crippen molar-refractivity contribution in [2.45, 2.75) is 19.4 Å². The van der Waals surface area contributed by atoms with E-state index >= 15 is 0 Å². The SMILES string of the molecule is N#Cc1ccc(CN2CCCN(C(=O)CCNC(=O)c3ccc(Br)cc3)CC2)cc1. The van der Waals surface area contributed by atoms with E-state index in [4.69, 9.17) is 5.26 Å². The summed E-state index contributed by atoms with van der Waals surface area (Å²) in [5.41, 5.74) is 2.42.